The van der Waals surface area contributed by atoms with Gasteiger partial charge in [-0.25, -0.2) is 0 Å². The van der Waals surface area contributed by atoms with Crippen LogP contribution in [-0.4, -0.2) is 27.0 Å². The second kappa shape index (κ2) is 6.49. The molecule has 1 N–H and O–H groups in total. The van der Waals surface area contributed by atoms with E-state index in [1.807, 2.05) is 19.1 Å². The zero-order valence-corrected chi connectivity index (χ0v) is 15.2. The Hall–Kier alpha value is -2.80. The Balaban J connectivity index is 1.80. The first kappa shape index (κ1) is 16.7. The summed E-state index contributed by atoms with van der Waals surface area (Å²) in [6, 6.07) is 8.87. The Labute approximate surface area is 155 Å². The number of amides is 1. The minimum absolute atomic E-state index is 0.0974. The minimum atomic E-state index is -0.141. The summed E-state index contributed by atoms with van der Waals surface area (Å²) in [5.74, 6) is -0.0974. The largest absolute Gasteiger partial charge is 0.332 e. The number of hydrogen-bond acceptors (Lipinski definition) is 4. The average Bonchev–Trinajstić information content (AvgIpc) is 2.67. The van der Waals surface area contributed by atoms with E-state index in [1.165, 1.54) is 4.57 Å². The first-order valence-electron chi connectivity index (χ1n) is 8.63. The maximum absolute atomic E-state index is 13.1. The molecule has 26 heavy (non-hydrogen) atoms. The molecule has 0 unspecified atom stereocenters. The average molecular weight is 366 g/mol. The quantitative estimate of drug-likeness (QED) is 0.708. The number of carbonyl (C=O) groups excluding carboxylic acids is 1. The fraction of sp³-hybridized carbons (Fsp3) is 0.263. The number of rotatable bonds is 2. The Morgan fingerprint density at radius 3 is 3.00 bits per heavy atom. The summed E-state index contributed by atoms with van der Waals surface area (Å²) in [4.78, 5) is 34.8. The lowest BCUT2D eigenvalue weighted by Gasteiger charge is -2.28. The maximum atomic E-state index is 13.1. The number of benzene rings is 1. The van der Waals surface area contributed by atoms with Gasteiger partial charge in [-0.3, -0.25) is 19.1 Å². The third-order valence-electron chi connectivity index (χ3n) is 4.74. The second-order valence-corrected chi connectivity index (χ2v) is 6.66. The van der Waals surface area contributed by atoms with Crippen LogP contribution >= 0.6 is 12.2 Å². The van der Waals surface area contributed by atoms with E-state index in [9.17, 15) is 9.59 Å². The number of aromatic amines is 1. The molecule has 0 bridgehead atoms. The van der Waals surface area contributed by atoms with Gasteiger partial charge in [-0.2, -0.15) is 0 Å². The van der Waals surface area contributed by atoms with Crippen LogP contribution in [0.2, 0.25) is 0 Å². The number of aryl methyl sites for hydroxylation is 1. The van der Waals surface area contributed by atoms with E-state index in [2.05, 4.69) is 9.97 Å². The standard InChI is InChI=1S/C19H18N4O2S/c1-2-22-18(25)13-8-7-12(11-15(13)21-19(22)26)17(24)23-10-4-5-14-16(23)6-3-9-20-14/h3,6-9,11H,2,4-5,10H2,1H3,(H,21,26). The van der Waals surface area contributed by atoms with Gasteiger partial charge in [0.05, 0.1) is 22.3 Å². The highest BCUT2D eigenvalue weighted by Crippen LogP contribution is 2.26. The Kier molecular flexibility index (Phi) is 4.16. The van der Waals surface area contributed by atoms with Gasteiger partial charge in [-0.1, -0.05) is 0 Å². The van der Waals surface area contributed by atoms with Crippen molar-refractivity contribution in [3.8, 4) is 0 Å². The van der Waals surface area contributed by atoms with Crippen molar-refractivity contribution in [3.05, 3.63) is 62.9 Å². The van der Waals surface area contributed by atoms with Gasteiger partial charge < -0.3 is 9.88 Å². The molecule has 3 aromatic rings. The molecule has 0 aliphatic carbocycles. The van der Waals surface area contributed by atoms with E-state index in [0.717, 1.165) is 24.2 Å². The molecule has 1 aliphatic rings. The molecule has 7 heteroatoms. The zero-order chi connectivity index (χ0) is 18.3. The smallest absolute Gasteiger partial charge is 0.262 e. The van der Waals surface area contributed by atoms with Crippen molar-refractivity contribution in [1.82, 2.24) is 14.5 Å². The van der Waals surface area contributed by atoms with E-state index in [4.69, 9.17) is 12.2 Å². The Bertz CT molecular complexity index is 1130. The normalized spacial score (nSPS) is 13.7. The molecule has 1 aliphatic heterocycles. The van der Waals surface area contributed by atoms with Crippen LogP contribution in [0.4, 0.5) is 5.69 Å². The zero-order valence-electron chi connectivity index (χ0n) is 14.4. The molecule has 4 rings (SSSR count). The number of aromatic nitrogens is 3. The predicted octanol–water partition coefficient (Wildman–Crippen LogP) is 3.07. The molecule has 1 aromatic carbocycles. The molecular formula is C19H18N4O2S. The number of anilines is 1. The highest BCUT2D eigenvalue weighted by molar-refractivity contribution is 7.71. The molecule has 0 fully saturated rings. The van der Waals surface area contributed by atoms with Gasteiger partial charge in [0.15, 0.2) is 4.77 Å². The van der Waals surface area contributed by atoms with Crippen LogP contribution in [0.5, 0.6) is 0 Å². The molecule has 0 radical (unpaired) electrons. The van der Waals surface area contributed by atoms with Gasteiger partial charge in [-0.15, -0.1) is 0 Å². The molecule has 0 atom stereocenters. The van der Waals surface area contributed by atoms with Crippen LogP contribution < -0.4 is 10.5 Å². The van der Waals surface area contributed by atoms with Gasteiger partial charge in [-0.05, 0) is 62.3 Å². The van der Waals surface area contributed by atoms with Crippen molar-refractivity contribution in [2.45, 2.75) is 26.3 Å². The van der Waals surface area contributed by atoms with Crippen LogP contribution in [0, 0.1) is 4.77 Å². The van der Waals surface area contributed by atoms with E-state index < -0.39 is 0 Å². The maximum Gasteiger partial charge on any atom is 0.262 e. The molecule has 6 nitrogen and oxygen atoms in total. The predicted molar refractivity (Wildman–Crippen MR) is 103 cm³/mol. The molecule has 0 spiro atoms. The first-order chi connectivity index (χ1) is 12.6. The number of fused-ring (bicyclic) bond motifs is 2. The monoisotopic (exact) mass is 366 g/mol. The van der Waals surface area contributed by atoms with Crippen LogP contribution in [0.25, 0.3) is 10.9 Å². The fourth-order valence-corrected chi connectivity index (χ4v) is 3.76. The van der Waals surface area contributed by atoms with Crippen molar-refractivity contribution in [1.29, 1.82) is 0 Å². The number of hydrogen-bond donors (Lipinski definition) is 1. The number of nitrogens with zero attached hydrogens (tertiary/aromatic N) is 3. The third-order valence-corrected chi connectivity index (χ3v) is 5.06. The molecule has 1 amide bonds. The first-order valence-corrected chi connectivity index (χ1v) is 9.03. The molecular weight excluding hydrogens is 348 g/mol. The minimum Gasteiger partial charge on any atom is -0.332 e. The SMILES string of the molecule is CCn1c(=S)[nH]c2cc(C(=O)N3CCCc4ncccc43)ccc2c1=O. The summed E-state index contributed by atoms with van der Waals surface area (Å²) >= 11 is 5.26. The highest BCUT2D eigenvalue weighted by atomic mass is 32.1. The lowest BCUT2D eigenvalue weighted by molar-refractivity contribution is 0.0985. The summed E-state index contributed by atoms with van der Waals surface area (Å²) in [6.07, 6.45) is 3.51. The summed E-state index contributed by atoms with van der Waals surface area (Å²) in [5.41, 5.74) is 2.77. The Morgan fingerprint density at radius 1 is 1.35 bits per heavy atom. The third kappa shape index (κ3) is 2.64. The summed E-state index contributed by atoms with van der Waals surface area (Å²) < 4.78 is 1.87. The topological polar surface area (TPSA) is 71.0 Å². The molecule has 132 valence electrons. The van der Waals surface area contributed by atoms with E-state index in [0.29, 0.717) is 34.3 Å². The van der Waals surface area contributed by atoms with Crippen molar-refractivity contribution in [2.24, 2.45) is 0 Å². The number of H-pyrrole nitrogens is 1. The summed E-state index contributed by atoms with van der Waals surface area (Å²) in [6.45, 7) is 3.03. The van der Waals surface area contributed by atoms with Gasteiger partial charge in [0.1, 0.15) is 0 Å². The van der Waals surface area contributed by atoms with Crippen LogP contribution in [0.3, 0.4) is 0 Å². The number of nitrogens with one attached hydrogen (secondary N) is 1. The molecule has 0 saturated carbocycles. The van der Waals surface area contributed by atoms with Gasteiger partial charge in [0, 0.05) is 24.8 Å². The van der Waals surface area contributed by atoms with Gasteiger partial charge in [0.2, 0.25) is 0 Å². The van der Waals surface area contributed by atoms with E-state index in [-0.39, 0.29) is 11.5 Å². The van der Waals surface area contributed by atoms with Gasteiger partial charge >= 0.3 is 0 Å². The fourth-order valence-electron chi connectivity index (χ4n) is 3.43. The van der Waals surface area contributed by atoms with Crippen molar-refractivity contribution in [2.75, 3.05) is 11.4 Å². The van der Waals surface area contributed by atoms with Crippen LogP contribution in [0.15, 0.2) is 41.3 Å². The van der Waals surface area contributed by atoms with Crippen LogP contribution in [0.1, 0.15) is 29.4 Å². The highest BCUT2D eigenvalue weighted by Gasteiger charge is 2.24. The molecule has 2 aromatic heterocycles. The van der Waals surface area contributed by atoms with Gasteiger partial charge in [0.25, 0.3) is 11.5 Å². The van der Waals surface area contributed by atoms with Crippen LogP contribution in [-0.2, 0) is 13.0 Å². The number of pyridine rings is 1. The lowest BCUT2D eigenvalue weighted by atomic mass is 10.0. The van der Waals surface area contributed by atoms with Crippen molar-refractivity contribution >= 4 is 34.7 Å². The van der Waals surface area contributed by atoms with E-state index in [1.54, 1.807) is 29.3 Å². The number of carbonyl (C=O) groups is 1. The van der Waals surface area contributed by atoms with Crippen molar-refractivity contribution in [3.63, 3.8) is 0 Å². The summed E-state index contributed by atoms with van der Waals surface area (Å²) in [7, 11) is 0. The molecule has 3 heterocycles. The lowest BCUT2D eigenvalue weighted by Crippen LogP contribution is -2.35. The molecule has 0 saturated heterocycles. The summed E-state index contributed by atoms with van der Waals surface area (Å²) in [5, 5.41) is 0.526. The Morgan fingerprint density at radius 2 is 2.19 bits per heavy atom. The second-order valence-electron chi connectivity index (χ2n) is 6.27. The van der Waals surface area contributed by atoms with Crippen molar-refractivity contribution < 1.29 is 4.79 Å². The van der Waals surface area contributed by atoms with E-state index >= 15 is 0 Å².